The standard InChI is InChI=1S/C18H19NO2/c1-11-7-17-16(18(21)8-11)9-12(2)19(17)15-6-4-5-14(10-15)13(3)20/h4-6,9-11H,7-8H2,1-3H3/t11-/m1/s1. The molecule has 108 valence electrons. The van der Waals surface area contributed by atoms with Gasteiger partial charge in [0, 0.05) is 34.6 Å². The maximum atomic E-state index is 12.2. The van der Waals surface area contributed by atoms with Gasteiger partial charge in [0.2, 0.25) is 0 Å². The highest BCUT2D eigenvalue weighted by atomic mass is 16.1. The smallest absolute Gasteiger partial charge is 0.164 e. The lowest BCUT2D eigenvalue weighted by molar-refractivity contribution is 0.0951. The van der Waals surface area contributed by atoms with Gasteiger partial charge in [-0.1, -0.05) is 19.1 Å². The Morgan fingerprint density at radius 3 is 2.71 bits per heavy atom. The Hall–Kier alpha value is -2.16. The zero-order valence-electron chi connectivity index (χ0n) is 12.6. The lowest BCUT2D eigenvalue weighted by Gasteiger charge is -2.21. The van der Waals surface area contributed by atoms with E-state index in [0.717, 1.165) is 29.1 Å². The van der Waals surface area contributed by atoms with Crippen molar-refractivity contribution >= 4 is 11.6 Å². The minimum absolute atomic E-state index is 0.0555. The number of nitrogens with zero attached hydrogens (tertiary/aromatic N) is 1. The van der Waals surface area contributed by atoms with Crippen LogP contribution in [0.5, 0.6) is 0 Å². The number of aryl methyl sites for hydroxylation is 1. The van der Waals surface area contributed by atoms with E-state index in [1.54, 1.807) is 6.92 Å². The molecule has 0 aliphatic heterocycles. The topological polar surface area (TPSA) is 39.1 Å². The first-order chi connectivity index (χ1) is 9.97. The zero-order chi connectivity index (χ0) is 15.1. The highest BCUT2D eigenvalue weighted by molar-refractivity contribution is 5.99. The number of hydrogen-bond acceptors (Lipinski definition) is 2. The highest BCUT2D eigenvalue weighted by Gasteiger charge is 2.27. The lowest BCUT2D eigenvalue weighted by atomic mass is 9.88. The number of carbonyl (C=O) groups is 2. The van der Waals surface area contributed by atoms with Crippen molar-refractivity contribution in [2.45, 2.75) is 33.6 Å². The second kappa shape index (κ2) is 4.99. The fourth-order valence-electron chi connectivity index (χ4n) is 3.18. The fourth-order valence-corrected chi connectivity index (χ4v) is 3.18. The summed E-state index contributed by atoms with van der Waals surface area (Å²) in [7, 11) is 0. The molecule has 3 heteroatoms. The summed E-state index contributed by atoms with van der Waals surface area (Å²) in [4.78, 5) is 23.8. The molecule has 1 heterocycles. The minimum atomic E-state index is 0.0555. The number of rotatable bonds is 2. The number of ketones is 2. The van der Waals surface area contributed by atoms with Gasteiger partial charge in [0.25, 0.3) is 0 Å². The van der Waals surface area contributed by atoms with Gasteiger partial charge in [-0.05, 0) is 44.4 Å². The van der Waals surface area contributed by atoms with E-state index >= 15 is 0 Å². The average molecular weight is 281 g/mol. The van der Waals surface area contributed by atoms with Crippen LogP contribution in [0.3, 0.4) is 0 Å². The van der Waals surface area contributed by atoms with Crippen molar-refractivity contribution in [3.63, 3.8) is 0 Å². The van der Waals surface area contributed by atoms with Crippen molar-refractivity contribution in [2.75, 3.05) is 0 Å². The molecular weight excluding hydrogens is 262 g/mol. The molecule has 3 rings (SSSR count). The molecule has 0 bridgehead atoms. The van der Waals surface area contributed by atoms with Crippen LogP contribution in [0.25, 0.3) is 5.69 Å². The van der Waals surface area contributed by atoms with Gasteiger partial charge in [-0.15, -0.1) is 0 Å². The van der Waals surface area contributed by atoms with E-state index in [1.807, 2.05) is 37.3 Å². The molecule has 1 atom stereocenters. The molecule has 1 aromatic carbocycles. The van der Waals surface area contributed by atoms with Crippen molar-refractivity contribution in [3.8, 4) is 5.69 Å². The predicted octanol–water partition coefficient (Wildman–Crippen LogP) is 3.75. The number of carbonyl (C=O) groups excluding carboxylic acids is 2. The first kappa shape index (κ1) is 13.8. The van der Waals surface area contributed by atoms with Crippen molar-refractivity contribution < 1.29 is 9.59 Å². The van der Waals surface area contributed by atoms with Gasteiger partial charge in [0.05, 0.1) is 0 Å². The van der Waals surface area contributed by atoms with Crippen molar-refractivity contribution in [1.82, 2.24) is 4.57 Å². The molecule has 0 radical (unpaired) electrons. The van der Waals surface area contributed by atoms with Gasteiger partial charge in [-0.3, -0.25) is 9.59 Å². The van der Waals surface area contributed by atoms with Crippen LogP contribution in [-0.2, 0) is 6.42 Å². The van der Waals surface area contributed by atoms with Crippen molar-refractivity contribution in [1.29, 1.82) is 0 Å². The van der Waals surface area contributed by atoms with E-state index in [1.165, 1.54) is 0 Å². The minimum Gasteiger partial charge on any atom is -0.317 e. The monoisotopic (exact) mass is 281 g/mol. The van der Waals surface area contributed by atoms with Gasteiger partial charge in [-0.25, -0.2) is 0 Å². The van der Waals surface area contributed by atoms with Crippen molar-refractivity contribution in [3.05, 3.63) is 52.8 Å². The van der Waals surface area contributed by atoms with E-state index in [-0.39, 0.29) is 11.6 Å². The number of fused-ring (bicyclic) bond motifs is 1. The third kappa shape index (κ3) is 2.33. The Labute approximate surface area is 124 Å². The van der Waals surface area contributed by atoms with Gasteiger partial charge < -0.3 is 4.57 Å². The summed E-state index contributed by atoms with van der Waals surface area (Å²) in [5.41, 5.74) is 4.63. The Bertz CT molecular complexity index is 740. The van der Waals surface area contributed by atoms with Crippen LogP contribution in [-0.4, -0.2) is 16.1 Å². The first-order valence-electron chi connectivity index (χ1n) is 7.33. The number of Topliss-reactive ketones (excluding diaryl/α,β-unsaturated/α-hetero) is 2. The Morgan fingerprint density at radius 2 is 2.00 bits per heavy atom. The Kier molecular flexibility index (Phi) is 3.28. The van der Waals surface area contributed by atoms with Crippen LogP contribution >= 0.6 is 0 Å². The summed E-state index contributed by atoms with van der Waals surface area (Å²) in [6, 6.07) is 9.59. The molecular formula is C18H19NO2. The van der Waals surface area contributed by atoms with Gasteiger partial charge in [-0.2, -0.15) is 0 Å². The number of hydrogen-bond donors (Lipinski definition) is 0. The molecule has 1 aliphatic carbocycles. The third-order valence-corrected chi connectivity index (χ3v) is 4.17. The molecule has 1 aromatic heterocycles. The molecule has 0 fully saturated rings. The lowest BCUT2D eigenvalue weighted by Crippen LogP contribution is -2.19. The second-order valence-electron chi connectivity index (χ2n) is 6.02. The Balaban J connectivity index is 2.18. The summed E-state index contributed by atoms with van der Waals surface area (Å²) in [6.07, 6.45) is 1.53. The summed E-state index contributed by atoms with van der Waals surface area (Å²) >= 11 is 0. The maximum Gasteiger partial charge on any atom is 0.164 e. The molecule has 1 aliphatic rings. The molecule has 21 heavy (non-hydrogen) atoms. The molecule has 2 aromatic rings. The molecule has 0 saturated heterocycles. The average Bonchev–Trinajstić information content (AvgIpc) is 2.75. The van der Waals surface area contributed by atoms with Crippen LogP contribution in [0.1, 0.15) is 52.4 Å². The quantitative estimate of drug-likeness (QED) is 0.786. The summed E-state index contributed by atoms with van der Waals surface area (Å²) in [6.45, 7) is 5.69. The van der Waals surface area contributed by atoms with E-state index in [2.05, 4.69) is 11.5 Å². The molecule has 0 amide bonds. The van der Waals surface area contributed by atoms with Gasteiger partial charge in [0.15, 0.2) is 11.6 Å². The maximum absolute atomic E-state index is 12.2. The largest absolute Gasteiger partial charge is 0.317 e. The SMILES string of the molecule is CC(=O)c1cccc(-n2c(C)cc3c2C[C@@H](C)CC3=O)c1. The predicted molar refractivity (Wildman–Crippen MR) is 82.3 cm³/mol. The summed E-state index contributed by atoms with van der Waals surface area (Å²) in [5, 5.41) is 0. The van der Waals surface area contributed by atoms with Crippen LogP contribution in [0, 0.1) is 12.8 Å². The number of aromatic nitrogens is 1. The van der Waals surface area contributed by atoms with Crippen LogP contribution in [0.2, 0.25) is 0 Å². The Morgan fingerprint density at radius 1 is 1.24 bits per heavy atom. The molecule has 3 nitrogen and oxygen atoms in total. The van der Waals surface area contributed by atoms with Crippen LogP contribution in [0.4, 0.5) is 0 Å². The van der Waals surface area contributed by atoms with E-state index in [4.69, 9.17) is 0 Å². The normalized spacial score (nSPS) is 17.7. The molecule has 0 saturated carbocycles. The van der Waals surface area contributed by atoms with Gasteiger partial charge in [0.1, 0.15) is 0 Å². The summed E-state index contributed by atoms with van der Waals surface area (Å²) in [5.74, 6) is 0.655. The van der Waals surface area contributed by atoms with E-state index in [0.29, 0.717) is 17.9 Å². The van der Waals surface area contributed by atoms with E-state index < -0.39 is 0 Å². The molecule has 0 unspecified atom stereocenters. The summed E-state index contributed by atoms with van der Waals surface area (Å²) < 4.78 is 2.12. The van der Waals surface area contributed by atoms with Gasteiger partial charge >= 0.3 is 0 Å². The van der Waals surface area contributed by atoms with Crippen LogP contribution < -0.4 is 0 Å². The second-order valence-corrected chi connectivity index (χ2v) is 6.02. The third-order valence-electron chi connectivity index (χ3n) is 4.17. The fraction of sp³-hybridized carbons (Fsp3) is 0.333. The highest BCUT2D eigenvalue weighted by Crippen LogP contribution is 2.30. The zero-order valence-corrected chi connectivity index (χ0v) is 12.6. The van der Waals surface area contributed by atoms with Crippen LogP contribution in [0.15, 0.2) is 30.3 Å². The first-order valence-corrected chi connectivity index (χ1v) is 7.33. The molecule has 0 spiro atoms. The molecule has 0 N–H and O–H groups in total. The van der Waals surface area contributed by atoms with Crippen molar-refractivity contribution in [2.24, 2.45) is 5.92 Å². The van der Waals surface area contributed by atoms with E-state index in [9.17, 15) is 9.59 Å². The number of benzene rings is 1.